The van der Waals surface area contributed by atoms with E-state index in [1.54, 1.807) is 6.92 Å². The minimum atomic E-state index is -0.572. The third-order valence-corrected chi connectivity index (χ3v) is 3.05. The van der Waals surface area contributed by atoms with Crippen molar-refractivity contribution in [2.75, 3.05) is 5.32 Å². The van der Waals surface area contributed by atoms with Gasteiger partial charge in [-0.15, -0.1) is 5.10 Å². The van der Waals surface area contributed by atoms with Crippen LogP contribution in [0.3, 0.4) is 0 Å². The standard InChI is InChI=1S/C12H18N4O/c1-7-8(2)15-16-11(10(7)6-13)14-12(4,5)9(3)17/h9,17H,1-5H3,(H,14,16). The lowest BCUT2D eigenvalue weighted by atomic mass is 9.98. The van der Waals surface area contributed by atoms with Crippen molar-refractivity contribution in [3.8, 4) is 6.07 Å². The minimum absolute atomic E-state index is 0.418. The van der Waals surface area contributed by atoms with Gasteiger partial charge in [-0.25, -0.2) is 0 Å². The van der Waals surface area contributed by atoms with E-state index >= 15 is 0 Å². The molecule has 0 amide bonds. The molecule has 0 aliphatic heterocycles. The van der Waals surface area contributed by atoms with Crippen molar-refractivity contribution in [1.82, 2.24) is 10.2 Å². The van der Waals surface area contributed by atoms with Crippen molar-refractivity contribution < 1.29 is 5.11 Å². The Bertz CT molecular complexity index is 460. The molecule has 0 saturated heterocycles. The van der Waals surface area contributed by atoms with E-state index in [9.17, 15) is 5.11 Å². The Balaban J connectivity index is 3.18. The zero-order valence-electron chi connectivity index (χ0n) is 10.9. The zero-order chi connectivity index (χ0) is 13.2. The summed E-state index contributed by atoms with van der Waals surface area (Å²) in [5.74, 6) is 0.418. The molecule has 1 heterocycles. The van der Waals surface area contributed by atoms with E-state index in [4.69, 9.17) is 5.26 Å². The van der Waals surface area contributed by atoms with Gasteiger partial charge in [-0.3, -0.25) is 0 Å². The van der Waals surface area contributed by atoms with Crippen molar-refractivity contribution >= 4 is 5.82 Å². The maximum absolute atomic E-state index is 9.64. The Kier molecular flexibility index (Phi) is 3.69. The van der Waals surface area contributed by atoms with Gasteiger partial charge in [0.15, 0.2) is 5.82 Å². The largest absolute Gasteiger partial charge is 0.391 e. The Morgan fingerprint density at radius 3 is 2.41 bits per heavy atom. The molecule has 0 saturated carbocycles. The lowest BCUT2D eigenvalue weighted by molar-refractivity contribution is 0.133. The van der Waals surface area contributed by atoms with Crippen LogP contribution >= 0.6 is 0 Å². The van der Waals surface area contributed by atoms with E-state index in [1.165, 1.54) is 0 Å². The molecular formula is C12H18N4O. The first kappa shape index (κ1) is 13.4. The topological polar surface area (TPSA) is 81.8 Å². The molecule has 1 aromatic rings. The number of aromatic nitrogens is 2. The highest BCUT2D eigenvalue weighted by molar-refractivity contribution is 5.56. The molecule has 1 aromatic heterocycles. The molecular weight excluding hydrogens is 216 g/mol. The predicted octanol–water partition coefficient (Wildman–Crippen LogP) is 1.54. The summed E-state index contributed by atoms with van der Waals surface area (Å²) in [5, 5.41) is 29.8. The highest BCUT2D eigenvalue weighted by Crippen LogP contribution is 2.22. The van der Waals surface area contributed by atoms with E-state index in [0.29, 0.717) is 11.4 Å². The van der Waals surface area contributed by atoms with Gasteiger partial charge in [0.05, 0.1) is 17.3 Å². The maximum atomic E-state index is 9.64. The first-order chi connectivity index (χ1) is 7.79. The number of hydrogen-bond donors (Lipinski definition) is 2. The van der Waals surface area contributed by atoms with E-state index in [-0.39, 0.29) is 0 Å². The van der Waals surface area contributed by atoms with Crippen LogP contribution in [0.15, 0.2) is 0 Å². The summed E-state index contributed by atoms with van der Waals surface area (Å²) in [5.41, 5.74) is 1.46. The molecule has 5 heteroatoms. The number of anilines is 1. The third-order valence-electron chi connectivity index (χ3n) is 3.05. The van der Waals surface area contributed by atoms with Crippen molar-refractivity contribution in [2.24, 2.45) is 0 Å². The van der Waals surface area contributed by atoms with Crippen LogP contribution in [-0.2, 0) is 0 Å². The smallest absolute Gasteiger partial charge is 0.167 e. The maximum Gasteiger partial charge on any atom is 0.167 e. The summed E-state index contributed by atoms with van der Waals surface area (Å²) in [6.45, 7) is 9.02. The van der Waals surface area contributed by atoms with Crippen LogP contribution in [0.2, 0.25) is 0 Å². The van der Waals surface area contributed by atoms with Crippen LogP contribution in [0.1, 0.15) is 37.6 Å². The summed E-state index contributed by atoms with van der Waals surface area (Å²) >= 11 is 0. The number of aliphatic hydroxyl groups is 1. The molecule has 0 radical (unpaired) electrons. The number of nitrogens with one attached hydrogen (secondary N) is 1. The van der Waals surface area contributed by atoms with Crippen LogP contribution in [-0.4, -0.2) is 26.9 Å². The fourth-order valence-electron chi connectivity index (χ4n) is 1.24. The van der Waals surface area contributed by atoms with Gasteiger partial charge < -0.3 is 10.4 Å². The number of rotatable bonds is 3. The van der Waals surface area contributed by atoms with Crippen molar-refractivity contribution in [3.63, 3.8) is 0 Å². The van der Waals surface area contributed by atoms with Crippen LogP contribution in [0.5, 0.6) is 0 Å². The van der Waals surface area contributed by atoms with Gasteiger partial charge in [0.1, 0.15) is 11.6 Å². The molecule has 2 N–H and O–H groups in total. The number of nitriles is 1. The molecule has 1 atom stereocenters. The van der Waals surface area contributed by atoms with Crippen LogP contribution in [0.25, 0.3) is 0 Å². The fourth-order valence-corrected chi connectivity index (χ4v) is 1.24. The van der Waals surface area contributed by atoms with E-state index in [1.807, 2.05) is 27.7 Å². The molecule has 0 spiro atoms. The van der Waals surface area contributed by atoms with Gasteiger partial charge in [0.2, 0.25) is 0 Å². The van der Waals surface area contributed by atoms with Crippen molar-refractivity contribution in [1.29, 1.82) is 5.26 Å². The Morgan fingerprint density at radius 2 is 1.94 bits per heavy atom. The van der Waals surface area contributed by atoms with Gasteiger partial charge >= 0.3 is 0 Å². The van der Waals surface area contributed by atoms with Crippen LogP contribution in [0.4, 0.5) is 5.82 Å². The number of aliphatic hydroxyl groups excluding tert-OH is 1. The van der Waals surface area contributed by atoms with Crippen LogP contribution < -0.4 is 5.32 Å². The second-order valence-corrected chi connectivity index (χ2v) is 4.77. The average molecular weight is 234 g/mol. The second-order valence-electron chi connectivity index (χ2n) is 4.77. The zero-order valence-corrected chi connectivity index (χ0v) is 10.9. The molecule has 5 nitrogen and oxygen atoms in total. The summed E-state index contributed by atoms with van der Waals surface area (Å²) in [6.07, 6.45) is -0.572. The molecule has 0 fully saturated rings. The van der Waals surface area contributed by atoms with E-state index < -0.39 is 11.6 Å². The third kappa shape index (κ3) is 2.71. The van der Waals surface area contributed by atoms with Crippen LogP contribution in [0, 0.1) is 25.2 Å². The second kappa shape index (κ2) is 4.68. The summed E-state index contributed by atoms with van der Waals surface area (Å²) in [7, 11) is 0. The molecule has 0 aliphatic carbocycles. The molecule has 17 heavy (non-hydrogen) atoms. The molecule has 1 unspecified atom stereocenters. The Morgan fingerprint density at radius 1 is 1.35 bits per heavy atom. The van der Waals surface area contributed by atoms with E-state index in [0.717, 1.165) is 11.3 Å². The molecule has 0 aromatic carbocycles. The van der Waals surface area contributed by atoms with E-state index in [2.05, 4.69) is 21.6 Å². The minimum Gasteiger partial charge on any atom is -0.391 e. The van der Waals surface area contributed by atoms with Gasteiger partial charge in [0.25, 0.3) is 0 Å². The molecule has 0 aliphatic rings. The van der Waals surface area contributed by atoms with Gasteiger partial charge in [-0.05, 0) is 40.2 Å². The SMILES string of the molecule is Cc1nnc(NC(C)(C)C(C)O)c(C#N)c1C. The summed E-state index contributed by atoms with van der Waals surface area (Å²) in [6, 6.07) is 2.12. The lowest BCUT2D eigenvalue weighted by Gasteiger charge is -2.30. The molecule has 92 valence electrons. The molecule has 1 rings (SSSR count). The van der Waals surface area contributed by atoms with Crippen molar-refractivity contribution in [3.05, 3.63) is 16.8 Å². The normalized spacial score (nSPS) is 13.0. The highest BCUT2D eigenvalue weighted by Gasteiger charge is 2.26. The number of nitrogens with zero attached hydrogens (tertiary/aromatic N) is 3. The molecule has 0 bridgehead atoms. The van der Waals surface area contributed by atoms with Gasteiger partial charge in [0, 0.05) is 0 Å². The quantitative estimate of drug-likeness (QED) is 0.829. The van der Waals surface area contributed by atoms with Crippen molar-refractivity contribution in [2.45, 2.75) is 46.3 Å². The number of aryl methyl sites for hydroxylation is 1. The predicted molar refractivity (Wildman–Crippen MR) is 65.6 cm³/mol. The van der Waals surface area contributed by atoms with Gasteiger partial charge in [-0.2, -0.15) is 10.4 Å². The summed E-state index contributed by atoms with van der Waals surface area (Å²) < 4.78 is 0. The fraction of sp³-hybridized carbons (Fsp3) is 0.583. The first-order valence-corrected chi connectivity index (χ1v) is 5.50. The summed E-state index contributed by atoms with van der Waals surface area (Å²) in [4.78, 5) is 0. The Hall–Kier alpha value is -1.67. The number of hydrogen-bond acceptors (Lipinski definition) is 5. The lowest BCUT2D eigenvalue weighted by Crippen LogP contribution is -2.42. The Labute approximate surface area is 101 Å². The highest BCUT2D eigenvalue weighted by atomic mass is 16.3. The average Bonchev–Trinajstić information content (AvgIpc) is 2.23. The monoisotopic (exact) mass is 234 g/mol. The van der Waals surface area contributed by atoms with Gasteiger partial charge in [-0.1, -0.05) is 0 Å². The first-order valence-electron chi connectivity index (χ1n) is 5.50.